The lowest BCUT2D eigenvalue weighted by Crippen LogP contribution is -2.45. The summed E-state index contributed by atoms with van der Waals surface area (Å²) < 4.78 is 16.2. The van der Waals surface area contributed by atoms with Gasteiger partial charge in [0.15, 0.2) is 0 Å². The summed E-state index contributed by atoms with van der Waals surface area (Å²) in [7, 11) is 0. The van der Waals surface area contributed by atoms with Gasteiger partial charge in [0, 0.05) is 26.2 Å². The van der Waals surface area contributed by atoms with Crippen LogP contribution in [0.4, 0.5) is 9.59 Å². The van der Waals surface area contributed by atoms with E-state index >= 15 is 0 Å². The molecule has 0 aliphatic carbocycles. The Morgan fingerprint density at radius 2 is 1.57 bits per heavy atom. The zero-order valence-corrected chi connectivity index (χ0v) is 19.3. The van der Waals surface area contributed by atoms with Crippen LogP contribution in [0.3, 0.4) is 0 Å². The second-order valence-corrected chi connectivity index (χ2v) is 9.50. The Hall–Kier alpha value is -2.27. The van der Waals surface area contributed by atoms with Crippen molar-refractivity contribution in [2.24, 2.45) is 5.92 Å². The largest absolute Gasteiger partial charge is 0.444 e. The molecule has 2 unspecified atom stereocenters. The summed E-state index contributed by atoms with van der Waals surface area (Å²) >= 11 is 0. The number of nitriles is 1. The minimum Gasteiger partial charge on any atom is -0.444 e. The van der Waals surface area contributed by atoms with E-state index in [0.29, 0.717) is 32.5 Å². The highest BCUT2D eigenvalue weighted by Gasteiger charge is 2.30. The molecule has 1 aliphatic rings. The highest BCUT2D eigenvalue weighted by Crippen LogP contribution is 2.18. The van der Waals surface area contributed by atoms with Crippen molar-refractivity contribution in [1.29, 1.82) is 5.26 Å². The molecule has 1 rings (SSSR count). The lowest BCUT2D eigenvalue weighted by Gasteiger charge is -2.31. The zero-order chi connectivity index (χ0) is 22.9. The number of hydrogen-bond acceptors (Lipinski definition) is 6. The first-order valence-corrected chi connectivity index (χ1v) is 10.4. The van der Waals surface area contributed by atoms with Gasteiger partial charge in [-0.25, -0.2) is 9.59 Å². The predicted octanol–water partition coefficient (Wildman–Crippen LogP) is 3.97. The van der Waals surface area contributed by atoms with Crippen LogP contribution < -0.4 is 0 Å². The van der Waals surface area contributed by atoms with Crippen molar-refractivity contribution in [2.75, 3.05) is 32.8 Å². The van der Waals surface area contributed by atoms with Crippen molar-refractivity contribution in [3.05, 3.63) is 12.7 Å². The van der Waals surface area contributed by atoms with Crippen LogP contribution in [0.5, 0.6) is 0 Å². The SMILES string of the molecule is C=CCCN(CC(C#N)CN(CCC1CO1)C(=O)OC(C)(C)C)C(=O)OC(C)(C)C. The lowest BCUT2D eigenvalue weighted by atomic mass is 10.1. The summed E-state index contributed by atoms with van der Waals surface area (Å²) in [6.45, 7) is 16.3. The molecule has 0 spiro atoms. The van der Waals surface area contributed by atoms with E-state index in [1.165, 1.54) is 9.80 Å². The Labute approximate surface area is 180 Å². The molecule has 1 fully saturated rings. The van der Waals surface area contributed by atoms with Crippen molar-refractivity contribution in [3.8, 4) is 6.07 Å². The summed E-state index contributed by atoms with van der Waals surface area (Å²) in [5.41, 5.74) is -1.28. The molecule has 0 N–H and O–H groups in total. The molecule has 0 radical (unpaired) electrons. The van der Waals surface area contributed by atoms with Crippen LogP contribution in [0.1, 0.15) is 54.4 Å². The number of hydrogen-bond donors (Lipinski definition) is 0. The highest BCUT2D eigenvalue weighted by atomic mass is 16.6. The Morgan fingerprint density at radius 1 is 1.10 bits per heavy atom. The molecule has 170 valence electrons. The molecule has 2 atom stereocenters. The van der Waals surface area contributed by atoms with Gasteiger partial charge < -0.3 is 24.0 Å². The third-order valence-corrected chi connectivity index (χ3v) is 4.09. The molecule has 0 saturated carbocycles. The molecule has 8 nitrogen and oxygen atoms in total. The fourth-order valence-corrected chi connectivity index (χ4v) is 2.62. The molecule has 0 aromatic rings. The van der Waals surface area contributed by atoms with E-state index in [1.807, 2.05) is 0 Å². The Kier molecular flexibility index (Phi) is 9.63. The number of amides is 2. The first-order chi connectivity index (χ1) is 13.8. The van der Waals surface area contributed by atoms with Crippen molar-refractivity contribution < 1.29 is 23.8 Å². The second kappa shape index (κ2) is 11.2. The summed E-state index contributed by atoms with van der Waals surface area (Å²) in [6.07, 6.45) is 2.16. The minimum atomic E-state index is -0.640. The fourth-order valence-electron chi connectivity index (χ4n) is 2.62. The van der Waals surface area contributed by atoms with E-state index < -0.39 is 29.3 Å². The molecular formula is C22H37N3O5. The summed E-state index contributed by atoms with van der Waals surface area (Å²) in [6, 6.07) is 2.22. The standard InChI is InChI=1S/C22H37N3O5/c1-8-9-11-24(19(26)29-21(2,3)4)14-17(13-23)15-25(12-10-18-16-28-18)20(27)30-22(5,6)7/h8,17-18H,1,9-12,14-16H2,2-7H3. The minimum absolute atomic E-state index is 0.151. The highest BCUT2D eigenvalue weighted by molar-refractivity contribution is 5.69. The van der Waals surface area contributed by atoms with Crippen LogP contribution in [0.15, 0.2) is 12.7 Å². The molecule has 8 heteroatoms. The third-order valence-electron chi connectivity index (χ3n) is 4.09. The third kappa shape index (κ3) is 11.1. The topological polar surface area (TPSA) is 95.4 Å². The Bertz CT molecular complexity index is 626. The van der Waals surface area contributed by atoms with Gasteiger partial charge in [0.1, 0.15) is 11.2 Å². The van der Waals surface area contributed by atoms with Crippen LogP contribution in [0, 0.1) is 17.2 Å². The fraction of sp³-hybridized carbons (Fsp3) is 0.773. The van der Waals surface area contributed by atoms with Crippen LogP contribution in [0.25, 0.3) is 0 Å². The van der Waals surface area contributed by atoms with Gasteiger partial charge in [0.05, 0.1) is 24.7 Å². The maximum Gasteiger partial charge on any atom is 0.410 e. The maximum absolute atomic E-state index is 12.7. The van der Waals surface area contributed by atoms with Crippen LogP contribution >= 0.6 is 0 Å². The molecule has 0 aromatic heterocycles. The number of ether oxygens (including phenoxy) is 3. The Balaban J connectivity index is 2.85. The molecule has 30 heavy (non-hydrogen) atoms. The van der Waals surface area contributed by atoms with Gasteiger partial charge >= 0.3 is 12.2 Å². The van der Waals surface area contributed by atoms with Crippen molar-refractivity contribution in [2.45, 2.75) is 71.7 Å². The number of nitrogens with zero attached hydrogens (tertiary/aromatic N) is 3. The normalized spacial score (nSPS) is 16.8. The molecular weight excluding hydrogens is 386 g/mol. The molecule has 1 saturated heterocycles. The Morgan fingerprint density at radius 3 is 1.93 bits per heavy atom. The molecule has 0 aromatic carbocycles. The van der Waals surface area contributed by atoms with Crippen LogP contribution in [-0.2, 0) is 14.2 Å². The van der Waals surface area contributed by atoms with E-state index in [1.54, 1.807) is 47.6 Å². The van der Waals surface area contributed by atoms with E-state index in [4.69, 9.17) is 14.2 Å². The second-order valence-electron chi connectivity index (χ2n) is 9.50. The quantitative estimate of drug-likeness (QED) is 0.390. The average molecular weight is 424 g/mol. The van der Waals surface area contributed by atoms with E-state index in [9.17, 15) is 14.9 Å². The van der Waals surface area contributed by atoms with Crippen molar-refractivity contribution in [3.63, 3.8) is 0 Å². The van der Waals surface area contributed by atoms with Crippen molar-refractivity contribution in [1.82, 2.24) is 9.80 Å². The predicted molar refractivity (Wildman–Crippen MR) is 114 cm³/mol. The lowest BCUT2D eigenvalue weighted by molar-refractivity contribution is 0.0173. The first kappa shape index (κ1) is 25.8. The number of carbonyl (C=O) groups is 2. The molecule has 0 bridgehead atoms. The van der Waals surface area contributed by atoms with Gasteiger partial charge in [0.25, 0.3) is 0 Å². The van der Waals surface area contributed by atoms with Crippen LogP contribution in [-0.4, -0.2) is 72.1 Å². The van der Waals surface area contributed by atoms with E-state index in [2.05, 4.69) is 12.6 Å². The van der Waals surface area contributed by atoms with Crippen molar-refractivity contribution >= 4 is 12.2 Å². The maximum atomic E-state index is 12.7. The molecule has 1 aliphatic heterocycles. The number of epoxide rings is 1. The summed E-state index contributed by atoms with van der Waals surface area (Å²) in [5.74, 6) is -0.588. The van der Waals surface area contributed by atoms with Gasteiger partial charge in [-0.15, -0.1) is 6.58 Å². The monoisotopic (exact) mass is 423 g/mol. The van der Waals surface area contributed by atoms with Gasteiger partial charge in [-0.05, 0) is 54.4 Å². The zero-order valence-electron chi connectivity index (χ0n) is 19.3. The number of carbonyl (C=O) groups excluding carboxylic acids is 2. The van der Waals surface area contributed by atoms with Gasteiger partial charge in [-0.3, -0.25) is 0 Å². The first-order valence-electron chi connectivity index (χ1n) is 10.4. The smallest absolute Gasteiger partial charge is 0.410 e. The summed E-state index contributed by atoms with van der Waals surface area (Å²) in [5, 5.41) is 9.72. The number of rotatable bonds is 10. The van der Waals surface area contributed by atoms with E-state index in [0.717, 1.165) is 0 Å². The average Bonchev–Trinajstić information content (AvgIpc) is 3.41. The van der Waals surface area contributed by atoms with Crippen LogP contribution in [0.2, 0.25) is 0 Å². The van der Waals surface area contributed by atoms with E-state index in [-0.39, 0.29) is 19.2 Å². The van der Waals surface area contributed by atoms with Gasteiger partial charge in [-0.2, -0.15) is 5.26 Å². The van der Waals surface area contributed by atoms with Gasteiger partial charge in [-0.1, -0.05) is 6.08 Å². The van der Waals surface area contributed by atoms with Gasteiger partial charge in [0.2, 0.25) is 0 Å². The summed E-state index contributed by atoms with van der Waals surface area (Å²) in [4.78, 5) is 28.3. The molecule has 1 heterocycles. The molecule has 2 amide bonds.